The predicted octanol–water partition coefficient (Wildman–Crippen LogP) is 3.22. The molecule has 0 radical (unpaired) electrons. The molecule has 0 bridgehead atoms. The zero-order valence-electron chi connectivity index (χ0n) is 10.7. The molecule has 94 valence electrons. The van der Waals surface area contributed by atoms with Gasteiger partial charge < -0.3 is 9.64 Å². The first-order chi connectivity index (χ1) is 7.95. The van der Waals surface area contributed by atoms with E-state index in [1.807, 2.05) is 20.8 Å². The van der Waals surface area contributed by atoms with Crippen molar-refractivity contribution in [2.75, 3.05) is 13.6 Å². The first-order valence-electron chi connectivity index (χ1n) is 5.67. The molecule has 3 nitrogen and oxygen atoms in total. The van der Waals surface area contributed by atoms with Crippen molar-refractivity contribution in [2.24, 2.45) is 0 Å². The van der Waals surface area contributed by atoms with Gasteiger partial charge in [0.1, 0.15) is 5.75 Å². The molecule has 0 unspecified atom stereocenters. The van der Waals surface area contributed by atoms with Crippen LogP contribution in [0.5, 0.6) is 5.75 Å². The van der Waals surface area contributed by atoms with Gasteiger partial charge in [-0.3, -0.25) is 4.79 Å². The Labute approximate surface area is 107 Å². The van der Waals surface area contributed by atoms with Crippen LogP contribution in [-0.4, -0.2) is 30.5 Å². The fraction of sp³-hybridized carbons (Fsp3) is 0.462. The van der Waals surface area contributed by atoms with E-state index in [9.17, 15) is 4.79 Å². The molecule has 0 atom stereocenters. The summed E-state index contributed by atoms with van der Waals surface area (Å²) in [5.41, 5.74) is 0.510. The summed E-state index contributed by atoms with van der Waals surface area (Å²) >= 11 is 5.92. The molecule has 0 aliphatic carbocycles. The van der Waals surface area contributed by atoms with Crippen LogP contribution >= 0.6 is 11.6 Å². The summed E-state index contributed by atoms with van der Waals surface area (Å²) in [5.74, 6) is 0.500. The number of benzene rings is 1. The second-order valence-corrected chi connectivity index (χ2v) is 4.56. The average molecular weight is 256 g/mol. The number of hydrogen-bond donors (Lipinski definition) is 0. The van der Waals surface area contributed by atoms with Crippen LogP contribution in [0.15, 0.2) is 18.2 Å². The lowest BCUT2D eigenvalue weighted by Crippen LogP contribution is -2.27. The highest BCUT2D eigenvalue weighted by molar-refractivity contribution is 6.31. The van der Waals surface area contributed by atoms with Gasteiger partial charge in [0.2, 0.25) is 0 Å². The van der Waals surface area contributed by atoms with E-state index in [1.54, 1.807) is 30.1 Å². The second-order valence-electron chi connectivity index (χ2n) is 4.13. The Kier molecular flexibility index (Phi) is 4.82. The van der Waals surface area contributed by atoms with Crippen molar-refractivity contribution in [1.82, 2.24) is 4.90 Å². The molecule has 0 saturated heterocycles. The van der Waals surface area contributed by atoms with Crippen LogP contribution in [0.25, 0.3) is 0 Å². The van der Waals surface area contributed by atoms with E-state index in [2.05, 4.69) is 0 Å². The standard InChI is InChI=1S/C13H18ClNO2/c1-5-15(4)13(16)11-8-10(14)6-7-12(11)17-9(2)3/h6-9H,5H2,1-4H3. The molecule has 0 spiro atoms. The number of ether oxygens (including phenoxy) is 1. The maximum absolute atomic E-state index is 12.1. The van der Waals surface area contributed by atoms with Crippen molar-refractivity contribution >= 4 is 17.5 Å². The van der Waals surface area contributed by atoms with Gasteiger partial charge in [0.25, 0.3) is 5.91 Å². The van der Waals surface area contributed by atoms with Crippen molar-refractivity contribution in [3.05, 3.63) is 28.8 Å². The number of amides is 1. The van der Waals surface area contributed by atoms with Crippen molar-refractivity contribution in [3.8, 4) is 5.75 Å². The Morgan fingerprint density at radius 1 is 1.47 bits per heavy atom. The summed E-state index contributed by atoms with van der Waals surface area (Å²) in [6, 6.07) is 5.11. The number of rotatable bonds is 4. The number of halogens is 1. The predicted molar refractivity (Wildman–Crippen MR) is 69.9 cm³/mol. The van der Waals surface area contributed by atoms with Gasteiger partial charge in [-0.1, -0.05) is 11.6 Å². The summed E-state index contributed by atoms with van der Waals surface area (Å²) in [6.07, 6.45) is 0.0228. The minimum Gasteiger partial charge on any atom is -0.490 e. The van der Waals surface area contributed by atoms with Crippen LogP contribution in [0.3, 0.4) is 0 Å². The van der Waals surface area contributed by atoms with Crippen molar-refractivity contribution < 1.29 is 9.53 Å². The van der Waals surface area contributed by atoms with Crippen LogP contribution in [0.4, 0.5) is 0 Å². The van der Waals surface area contributed by atoms with Crippen LogP contribution in [0.2, 0.25) is 5.02 Å². The van der Waals surface area contributed by atoms with Gasteiger partial charge in [0.15, 0.2) is 0 Å². The van der Waals surface area contributed by atoms with Crippen LogP contribution in [-0.2, 0) is 0 Å². The third kappa shape index (κ3) is 3.63. The first-order valence-corrected chi connectivity index (χ1v) is 6.05. The fourth-order valence-electron chi connectivity index (χ4n) is 1.38. The zero-order valence-corrected chi connectivity index (χ0v) is 11.4. The number of carbonyl (C=O) groups excluding carboxylic acids is 1. The summed E-state index contributed by atoms with van der Waals surface area (Å²) in [4.78, 5) is 13.7. The Morgan fingerprint density at radius 2 is 2.12 bits per heavy atom. The maximum atomic E-state index is 12.1. The molecule has 0 aromatic heterocycles. The minimum absolute atomic E-state index is 0.0228. The van der Waals surface area contributed by atoms with Crippen LogP contribution in [0, 0.1) is 0 Å². The largest absolute Gasteiger partial charge is 0.490 e. The highest BCUT2D eigenvalue weighted by Crippen LogP contribution is 2.25. The third-order valence-electron chi connectivity index (χ3n) is 2.36. The van der Waals surface area contributed by atoms with E-state index in [-0.39, 0.29) is 12.0 Å². The molecule has 17 heavy (non-hydrogen) atoms. The summed E-state index contributed by atoms with van der Waals surface area (Å²) in [6.45, 7) is 6.41. The average Bonchev–Trinajstić information content (AvgIpc) is 2.29. The molecule has 1 amide bonds. The summed E-state index contributed by atoms with van der Waals surface area (Å²) in [5, 5.41) is 0.536. The minimum atomic E-state index is -0.0781. The summed E-state index contributed by atoms with van der Waals surface area (Å²) < 4.78 is 5.61. The maximum Gasteiger partial charge on any atom is 0.257 e. The van der Waals surface area contributed by atoms with E-state index in [1.165, 1.54) is 0 Å². The summed E-state index contributed by atoms with van der Waals surface area (Å²) in [7, 11) is 1.75. The molecule has 0 aliphatic heterocycles. The van der Waals surface area contributed by atoms with E-state index < -0.39 is 0 Å². The van der Waals surface area contributed by atoms with E-state index in [4.69, 9.17) is 16.3 Å². The molecular weight excluding hydrogens is 238 g/mol. The van der Waals surface area contributed by atoms with Crippen molar-refractivity contribution in [1.29, 1.82) is 0 Å². The lowest BCUT2D eigenvalue weighted by molar-refractivity contribution is 0.0796. The highest BCUT2D eigenvalue weighted by atomic mass is 35.5. The first kappa shape index (κ1) is 13.8. The molecule has 0 fully saturated rings. The van der Waals surface area contributed by atoms with Gasteiger partial charge in [-0.25, -0.2) is 0 Å². The lowest BCUT2D eigenvalue weighted by atomic mass is 10.1. The zero-order chi connectivity index (χ0) is 13.0. The SMILES string of the molecule is CCN(C)C(=O)c1cc(Cl)ccc1OC(C)C. The Morgan fingerprint density at radius 3 is 2.65 bits per heavy atom. The number of carbonyl (C=O) groups is 1. The van der Waals surface area contributed by atoms with E-state index in [0.29, 0.717) is 22.9 Å². The number of nitrogens with zero attached hydrogens (tertiary/aromatic N) is 1. The van der Waals surface area contributed by atoms with Gasteiger partial charge >= 0.3 is 0 Å². The molecule has 0 saturated carbocycles. The number of hydrogen-bond acceptors (Lipinski definition) is 2. The molecule has 0 heterocycles. The molecule has 1 aromatic rings. The fourth-order valence-corrected chi connectivity index (χ4v) is 1.55. The monoisotopic (exact) mass is 255 g/mol. The van der Waals surface area contributed by atoms with Gasteiger partial charge in [-0.15, -0.1) is 0 Å². The van der Waals surface area contributed by atoms with E-state index >= 15 is 0 Å². The Hall–Kier alpha value is -1.22. The van der Waals surface area contributed by atoms with E-state index in [0.717, 1.165) is 0 Å². The molecule has 1 rings (SSSR count). The van der Waals surface area contributed by atoms with Gasteiger partial charge in [0, 0.05) is 18.6 Å². The lowest BCUT2D eigenvalue weighted by Gasteiger charge is -2.18. The van der Waals surface area contributed by atoms with Crippen LogP contribution in [0.1, 0.15) is 31.1 Å². The normalized spacial score (nSPS) is 10.5. The second kappa shape index (κ2) is 5.92. The van der Waals surface area contributed by atoms with Gasteiger partial charge in [-0.2, -0.15) is 0 Å². The molecule has 0 N–H and O–H groups in total. The molecule has 1 aromatic carbocycles. The third-order valence-corrected chi connectivity index (χ3v) is 2.59. The topological polar surface area (TPSA) is 29.5 Å². The molecule has 0 aliphatic rings. The molecule has 4 heteroatoms. The highest BCUT2D eigenvalue weighted by Gasteiger charge is 2.17. The van der Waals surface area contributed by atoms with Gasteiger partial charge in [0.05, 0.1) is 11.7 Å². The Balaban J connectivity index is 3.10. The Bertz CT molecular complexity index is 404. The van der Waals surface area contributed by atoms with Crippen LogP contribution < -0.4 is 4.74 Å². The quantitative estimate of drug-likeness (QED) is 0.827. The van der Waals surface area contributed by atoms with Crippen molar-refractivity contribution in [3.63, 3.8) is 0 Å². The smallest absolute Gasteiger partial charge is 0.257 e. The van der Waals surface area contributed by atoms with Crippen molar-refractivity contribution in [2.45, 2.75) is 26.9 Å². The molecular formula is C13H18ClNO2. The van der Waals surface area contributed by atoms with Gasteiger partial charge in [-0.05, 0) is 39.0 Å².